The van der Waals surface area contributed by atoms with E-state index in [1.807, 2.05) is 20.8 Å². The number of sulfonamides is 1. The third-order valence-electron chi connectivity index (χ3n) is 5.12. The number of nitrogens with one attached hydrogen (secondary N) is 1. The van der Waals surface area contributed by atoms with E-state index in [2.05, 4.69) is 24.4 Å². The maximum atomic E-state index is 12.9. The van der Waals surface area contributed by atoms with E-state index < -0.39 is 16.1 Å². The van der Waals surface area contributed by atoms with Gasteiger partial charge in [-0.15, -0.1) is 0 Å². The Morgan fingerprint density at radius 3 is 2.07 bits per heavy atom. The molecule has 1 amide bonds. The van der Waals surface area contributed by atoms with Crippen molar-refractivity contribution in [3.05, 3.63) is 58.7 Å². The van der Waals surface area contributed by atoms with Crippen molar-refractivity contribution >= 4 is 21.6 Å². The summed E-state index contributed by atoms with van der Waals surface area (Å²) < 4.78 is 31.1. The van der Waals surface area contributed by atoms with Gasteiger partial charge in [0.05, 0.1) is 25.1 Å². The van der Waals surface area contributed by atoms with Crippen molar-refractivity contribution in [3.63, 3.8) is 0 Å². The molecule has 0 spiro atoms. The van der Waals surface area contributed by atoms with Gasteiger partial charge in [-0.3, -0.25) is 9.10 Å². The molecule has 2 unspecified atom stereocenters. The van der Waals surface area contributed by atoms with E-state index in [4.69, 9.17) is 4.74 Å². The Labute approximate surface area is 173 Å². The highest BCUT2D eigenvalue weighted by molar-refractivity contribution is 7.92. The Morgan fingerprint density at radius 1 is 1.00 bits per heavy atom. The second-order valence-electron chi connectivity index (χ2n) is 7.46. The Hall–Kier alpha value is -2.54. The van der Waals surface area contributed by atoms with Crippen LogP contribution in [0.2, 0.25) is 0 Å². The average Bonchev–Trinajstić information content (AvgIpc) is 2.64. The van der Waals surface area contributed by atoms with Gasteiger partial charge in [-0.2, -0.15) is 0 Å². The Balaban J connectivity index is 2.28. The quantitative estimate of drug-likeness (QED) is 0.745. The predicted octanol–water partition coefficient (Wildman–Crippen LogP) is 3.65. The summed E-state index contributed by atoms with van der Waals surface area (Å²) in [6, 6.07) is 9.59. The molecule has 1 N–H and O–H groups in total. The predicted molar refractivity (Wildman–Crippen MR) is 117 cm³/mol. The normalized spacial score (nSPS) is 13.5. The first-order chi connectivity index (χ1) is 13.5. The monoisotopic (exact) mass is 418 g/mol. The van der Waals surface area contributed by atoms with Crippen molar-refractivity contribution in [2.75, 3.05) is 17.7 Å². The molecule has 2 atom stereocenters. The van der Waals surface area contributed by atoms with Crippen LogP contribution in [0.5, 0.6) is 5.75 Å². The van der Waals surface area contributed by atoms with Gasteiger partial charge in [0.1, 0.15) is 11.8 Å². The first-order valence-corrected chi connectivity index (χ1v) is 11.3. The number of anilines is 1. The summed E-state index contributed by atoms with van der Waals surface area (Å²) in [5.74, 6) is 0.245. The van der Waals surface area contributed by atoms with Crippen molar-refractivity contribution in [1.29, 1.82) is 0 Å². The molecule has 2 aromatic carbocycles. The van der Waals surface area contributed by atoms with Gasteiger partial charge in [0.2, 0.25) is 15.9 Å². The number of benzene rings is 2. The minimum Gasteiger partial charge on any atom is -0.497 e. The van der Waals surface area contributed by atoms with Gasteiger partial charge in [-0.25, -0.2) is 8.42 Å². The van der Waals surface area contributed by atoms with Crippen LogP contribution < -0.4 is 14.4 Å². The summed E-state index contributed by atoms with van der Waals surface area (Å²) in [7, 11) is -2.13. The van der Waals surface area contributed by atoms with Crippen LogP contribution in [0.4, 0.5) is 5.69 Å². The molecule has 0 fully saturated rings. The van der Waals surface area contributed by atoms with E-state index in [0.29, 0.717) is 11.4 Å². The second kappa shape index (κ2) is 8.86. The zero-order valence-electron chi connectivity index (χ0n) is 18.1. The number of ether oxygens (including phenoxy) is 1. The van der Waals surface area contributed by atoms with Crippen molar-refractivity contribution in [2.45, 2.75) is 46.7 Å². The molecule has 7 heteroatoms. The molecule has 0 heterocycles. The van der Waals surface area contributed by atoms with Gasteiger partial charge < -0.3 is 10.1 Å². The third kappa shape index (κ3) is 5.29. The van der Waals surface area contributed by atoms with Crippen LogP contribution in [-0.4, -0.2) is 33.7 Å². The van der Waals surface area contributed by atoms with Crippen LogP contribution >= 0.6 is 0 Å². The Kier molecular flexibility index (Phi) is 6.95. The maximum absolute atomic E-state index is 12.9. The average molecular weight is 419 g/mol. The van der Waals surface area contributed by atoms with E-state index in [1.54, 1.807) is 31.2 Å². The summed E-state index contributed by atoms with van der Waals surface area (Å²) >= 11 is 0. The molecule has 0 aliphatic rings. The second-order valence-corrected chi connectivity index (χ2v) is 9.32. The molecule has 2 rings (SSSR count). The van der Waals surface area contributed by atoms with Gasteiger partial charge in [-0.05, 0) is 81.1 Å². The summed E-state index contributed by atoms with van der Waals surface area (Å²) in [5.41, 5.74) is 4.86. The van der Waals surface area contributed by atoms with E-state index in [0.717, 1.165) is 27.3 Å². The molecule has 29 heavy (non-hydrogen) atoms. The van der Waals surface area contributed by atoms with Crippen LogP contribution in [0, 0.1) is 20.8 Å². The first kappa shape index (κ1) is 22.7. The number of rotatable bonds is 7. The lowest BCUT2D eigenvalue weighted by Crippen LogP contribution is -2.48. The SMILES string of the molecule is COc1ccc(N(C(C)C(=O)NC(C)c2cc(C)c(C)cc2C)S(C)(=O)=O)cc1. The van der Waals surface area contributed by atoms with Gasteiger partial charge >= 0.3 is 0 Å². The number of methoxy groups -OCH3 is 1. The first-order valence-electron chi connectivity index (χ1n) is 9.47. The number of hydrogen-bond donors (Lipinski definition) is 1. The Morgan fingerprint density at radius 2 is 1.55 bits per heavy atom. The van der Waals surface area contributed by atoms with Crippen LogP contribution in [0.1, 0.15) is 42.1 Å². The van der Waals surface area contributed by atoms with E-state index in [1.165, 1.54) is 12.7 Å². The Bertz CT molecular complexity index is 985. The van der Waals surface area contributed by atoms with Gasteiger partial charge in [0.25, 0.3) is 0 Å². The topological polar surface area (TPSA) is 75.7 Å². The van der Waals surface area contributed by atoms with Crippen LogP contribution in [-0.2, 0) is 14.8 Å². The molecule has 6 nitrogen and oxygen atoms in total. The fraction of sp³-hybridized carbons (Fsp3) is 0.409. The van der Waals surface area contributed by atoms with Crippen molar-refractivity contribution in [2.24, 2.45) is 0 Å². The lowest BCUT2D eigenvalue weighted by Gasteiger charge is -2.29. The maximum Gasteiger partial charge on any atom is 0.244 e. The number of carbonyl (C=O) groups excluding carboxylic acids is 1. The number of hydrogen-bond acceptors (Lipinski definition) is 4. The van der Waals surface area contributed by atoms with E-state index in [9.17, 15) is 13.2 Å². The van der Waals surface area contributed by atoms with Crippen LogP contribution in [0.3, 0.4) is 0 Å². The highest BCUT2D eigenvalue weighted by atomic mass is 32.2. The zero-order valence-corrected chi connectivity index (χ0v) is 18.9. The van der Waals surface area contributed by atoms with E-state index >= 15 is 0 Å². The van der Waals surface area contributed by atoms with Crippen molar-refractivity contribution in [3.8, 4) is 5.75 Å². The molecule has 0 aliphatic heterocycles. The largest absolute Gasteiger partial charge is 0.497 e. The molecule has 0 saturated heterocycles. The molecule has 0 aromatic heterocycles. The highest BCUT2D eigenvalue weighted by Crippen LogP contribution is 2.25. The smallest absolute Gasteiger partial charge is 0.244 e. The molecule has 0 bridgehead atoms. The number of amides is 1. The number of nitrogens with zero attached hydrogens (tertiary/aromatic N) is 1. The van der Waals surface area contributed by atoms with Crippen LogP contribution in [0.15, 0.2) is 36.4 Å². The highest BCUT2D eigenvalue weighted by Gasteiger charge is 2.30. The summed E-state index contributed by atoms with van der Waals surface area (Å²) in [4.78, 5) is 12.9. The molecule has 2 aromatic rings. The summed E-state index contributed by atoms with van der Waals surface area (Å²) in [6.45, 7) is 9.58. The fourth-order valence-corrected chi connectivity index (χ4v) is 4.57. The standard InChI is InChI=1S/C22H30N2O4S/c1-14-12-16(3)21(13-15(14)2)17(4)23-22(25)18(5)24(29(7,26)27)19-8-10-20(28-6)11-9-19/h8-13,17-18H,1-7H3,(H,23,25). The molecule has 0 saturated carbocycles. The molecule has 0 aliphatic carbocycles. The zero-order chi connectivity index (χ0) is 21.9. The van der Waals surface area contributed by atoms with Crippen molar-refractivity contribution < 1.29 is 17.9 Å². The lowest BCUT2D eigenvalue weighted by molar-refractivity contribution is -0.122. The summed E-state index contributed by atoms with van der Waals surface area (Å²) in [6.07, 6.45) is 1.10. The minimum absolute atomic E-state index is 0.249. The molecule has 158 valence electrons. The fourth-order valence-electron chi connectivity index (χ4n) is 3.40. The van der Waals surface area contributed by atoms with Gasteiger partial charge in [0.15, 0.2) is 0 Å². The third-order valence-corrected chi connectivity index (χ3v) is 6.36. The molecular weight excluding hydrogens is 388 g/mol. The van der Waals surface area contributed by atoms with Gasteiger partial charge in [0, 0.05) is 0 Å². The van der Waals surface area contributed by atoms with Crippen molar-refractivity contribution in [1.82, 2.24) is 5.32 Å². The van der Waals surface area contributed by atoms with Crippen LogP contribution in [0.25, 0.3) is 0 Å². The summed E-state index contributed by atoms with van der Waals surface area (Å²) in [5, 5.41) is 2.96. The lowest BCUT2D eigenvalue weighted by atomic mass is 9.96. The number of carbonyl (C=O) groups is 1. The molecule has 0 radical (unpaired) electrons. The van der Waals surface area contributed by atoms with E-state index in [-0.39, 0.29) is 11.9 Å². The molecular formula is C22H30N2O4S. The van der Waals surface area contributed by atoms with Gasteiger partial charge in [-0.1, -0.05) is 12.1 Å². The number of aryl methyl sites for hydroxylation is 3. The minimum atomic E-state index is -3.67.